The summed E-state index contributed by atoms with van der Waals surface area (Å²) in [6, 6.07) is 0.256. The van der Waals surface area contributed by atoms with Gasteiger partial charge in [-0.05, 0) is 26.2 Å². The fourth-order valence-corrected chi connectivity index (χ4v) is 2.75. The van der Waals surface area contributed by atoms with Gasteiger partial charge in [0.15, 0.2) is 0 Å². The molecule has 2 heteroatoms. The molecule has 1 amide bonds. The Morgan fingerprint density at radius 2 is 1.36 bits per heavy atom. The van der Waals surface area contributed by atoms with Gasteiger partial charge in [-0.3, -0.25) is 4.79 Å². The van der Waals surface area contributed by atoms with Gasteiger partial charge in [-0.25, -0.2) is 0 Å². The maximum Gasteiger partial charge on any atom is 0.217 e. The molecule has 0 bridgehead atoms. The van der Waals surface area contributed by atoms with E-state index in [2.05, 4.69) is 24.4 Å². The second-order valence-corrected chi connectivity index (χ2v) is 6.63. The van der Waals surface area contributed by atoms with Gasteiger partial charge in [-0.1, -0.05) is 83.3 Å². The predicted octanol–water partition coefficient (Wildman–Crippen LogP) is 6.16. The van der Waals surface area contributed by atoms with E-state index in [1.54, 1.807) is 6.92 Å². The molecule has 2 nitrogen and oxygen atoms in total. The Labute approximate surface area is 139 Å². The van der Waals surface area contributed by atoms with Crippen LogP contribution in [-0.4, -0.2) is 11.9 Å². The zero-order valence-electron chi connectivity index (χ0n) is 15.3. The first kappa shape index (κ1) is 21.2. The molecule has 0 aliphatic rings. The molecule has 0 unspecified atom stereocenters. The Balaban J connectivity index is 3.18. The lowest BCUT2D eigenvalue weighted by Crippen LogP contribution is -2.29. The Kier molecular flexibility index (Phi) is 16.0. The number of allylic oxidation sites excluding steroid dienone is 1. The number of hydrogen-bond acceptors (Lipinski definition) is 1. The lowest BCUT2D eigenvalue weighted by atomic mass is 10.1. The number of carbonyl (C=O) groups excluding carboxylic acids is 1. The molecule has 0 radical (unpaired) electrons. The quantitative estimate of drug-likeness (QED) is 0.285. The normalized spacial score (nSPS) is 12.7. The molecule has 0 aliphatic heterocycles. The molecule has 0 spiro atoms. The summed E-state index contributed by atoms with van der Waals surface area (Å²) < 4.78 is 0. The molecule has 0 saturated heterocycles. The van der Waals surface area contributed by atoms with E-state index in [0.717, 1.165) is 6.42 Å². The summed E-state index contributed by atoms with van der Waals surface area (Å²) >= 11 is 0. The van der Waals surface area contributed by atoms with Crippen molar-refractivity contribution in [3.05, 3.63) is 12.2 Å². The number of rotatable bonds is 15. The number of amides is 1. The minimum Gasteiger partial charge on any atom is -0.354 e. The standard InChI is InChI=1S/C20H39NO/c1-4-5-6-7-8-9-10-11-12-13-14-15-16-17-18-19(2)21-20(3)22/h16-17,19H,4-15,18H2,1-3H3,(H,21,22)/t19-/m0/s1. The van der Waals surface area contributed by atoms with Crippen LogP contribution in [0.3, 0.4) is 0 Å². The lowest BCUT2D eigenvalue weighted by Gasteiger charge is -2.08. The highest BCUT2D eigenvalue weighted by Gasteiger charge is 1.99. The van der Waals surface area contributed by atoms with E-state index < -0.39 is 0 Å². The summed E-state index contributed by atoms with van der Waals surface area (Å²) in [5.41, 5.74) is 0. The van der Waals surface area contributed by atoms with Gasteiger partial charge >= 0.3 is 0 Å². The number of carbonyl (C=O) groups is 1. The minimum absolute atomic E-state index is 0.0614. The minimum atomic E-state index is 0.0614. The molecular weight excluding hydrogens is 270 g/mol. The van der Waals surface area contributed by atoms with E-state index >= 15 is 0 Å². The van der Waals surface area contributed by atoms with Crippen LogP contribution < -0.4 is 5.32 Å². The molecule has 130 valence electrons. The molecule has 0 fully saturated rings. The lowest BCUT2D eigenvalue weighted by molar-refractivity contribution is -0.119. The van der Waals surface area contributed by atoms with Crippen molar-refractivity contribution in [1.82, 2.24) is 5.32 Å². The predicted molar refractivity (Wildman–Crippen MR) is 98.1 cm³/mol. The Morgan fingerprint density at radius 3 is 1.86 bits per heavy atom. The topological polar surface area (TPSA) is 29.1 Å². The first-order chi connectivity index (χ1) is 10.7. The van der Waals surface area contributed by atoms with Gasteiger partial charge in [-0.2, -0.15) is 0 Å². The van der Waals surface area contributed by atoms with Crippen molar-refractivity contribution >= 4 is 5.91 Å². The zero-order chi connectivity index (χ0) is 16.5. The fourth-order valence-electron chi connectivity index (χ4n) is 2.75. The van der Waals surface area contributed by atoms with Crippen LogP contribution in [0.15, 0.2) is 12.2 Å². The largest absolute Gasteiger partial charge is 0.354 e. The van der Waals surface area contributed by atoms with Crippen molar-refractivity contribution in [2.45, 2.75) is 110 Å². The molecule has 1 N–H and O–H groups in total. The van der Waals surface area contributed by atoms with Crippen LogP contribution in [0.4, 0.5) is 0 Å². The fraction of sp³-hybridized carbons (Fsp3) is 0.850. The van der Waals surface area contributed by atoms with Gasteiger partial charge in [0.05, 0.1) is 0 Å². The highest BCUT2D eigenvalue weighted by Crippen LogP contribution is 2.12. The van der Waals surface area contributed by atoms with Crippen LogP contribution in [0, 0.1) is 0 Å². The van der Waals surface area contributed by atoms with E-state index in [-0.39, 0.29) is 11.9 Å². The summed E-state index contributed by atoms with van der Waals surface area (Å²) in [6.45, 7) is 5.90. The average Bonchev–Trinajstić information content (AvgIpc) is 2.47. The number of unbranched alkanes of at least 4 members (excludes halogenated alkanes) is 11. The van der Waals surface area contributed by atoms with Crippen LogP contribution in [0.2, 0.25) is 0 Å². The molecule has 0 aliphatic carbocycles. The van der Waals surface area contributed by atoms with Gasteiger partial charge < -0.3 is 5.32 Å². The first-order valence-corrected chi connectivity index (χ1v) is 9.59. The third-order valence-corrected chi connectivity index (χ3v) is 4.08. The second-order valence-electron chi connectivity index (χ2n) is 6.63. The van der Waals surface area contributed by atoms with Crippen molar-refractivity contribution in [2.24, 2.45) is 0 Å². The van der Waals surface area contributed by atoms with E-state index in [9.17, 15) is 4.79 Å². The SMILES string of the molecule is CCCCCCCCCCCCCC=CC[C@H](C)NC(C)=O. The summed E-state index contributed by atoms with van der Waals surface area (Å²) in [5, 5.41) is 2.90. The molecule has 1 atom stereocenters. The van der Waals surface area contributed by atoms with E-state index in [4.69, 9.17) is 0 Å². The highest BCUT2D eigenvalue weighted by molar-refractivity contribution is 5.73. The third kappa shape index (κ3) is 17.3. The van der Waals surface area contributed by atoms with Gasteiger partial charge in [0.2, 0.25) is 5.91 Å². The monoisotopic (exact) mass is 309 g/mol. The van der Waals surface area contributed by atoms with Crippen molar-refractivity contribution in [3.8, 4) is 0 Å². The van der Waals surface area contributed by atoms with E-state index in [1.165, 1.54) is 77.0 Å². The smallest absolute Gasteiger partial charge is 0.217 e. The third-order valence-electron chi connectivity index (χ3n) is 4.08. The Morgan fingerprint density at radius 1 is 0.864 bits per heavy atom. The van der Waals surface area contributed by atoms with Crippen LogP contribution in [0.5, 0.6) is 0 Å². The molecule has 22 heavy (non-hydrogen) atoms. The molecule has 0 aromatic carbocycles. The molecule has 0 aromatic rings. The summed E-state index contributed by atoms with van der Waals surface area (Å²) in [4.78, 5) is 10.9. The van der Waals surface area contributed by atoms with Gasteiger partial charge in [0.25, 0.3) is 0 Å². The summed E-state index contributed by atoms with van der Waals surface area (Å²) in [5.74, 6) is 0.0614. The maximum absolute atomic E-state index is 10.9. The number of nitrogens with one attached hydrogen (secondary N) is 1. The summed E-state index contributed by atoms with van der Waals surface area (Å²) in [7, 11) is 0. The average molecular weight is 310 g/mol. The van der Waals surface area contributed by atoms with Crippen molar-refractivity contribution in [1.29, 1.82) is 0 Å². The zero-order valence-corrected chi connectivity index (χ0v) is 15.3. The van der Waals surface area contributed by atoms with Gasteiger partial charge in [-0.15, -0.1) is 0 Å². The van der Waals surface area contributed by atoms with Crippen LogP contribution >= 0.6 is 0 Å². The van der Waals surface area contributed by atoms with Crippen molar-refractivity contribution in [2.75, 3.05) is 0 Å². The Hall–Kier alpha value is -0.790. The Bertz CT molecular complexity index is 273. The van der Waals surface area contributed by atoms with E-state index in [1.807, 2.05) is 6.92 Å². The van der Waals surface area contributed by atoms with Crippen molar-refractivity contribution < 1.29 is 4.79 Å². The van der Waals surface area contributed by atoms with E-state index in [0.29, 0.717) is 0 Å². The highest BCUT2D eigenvalue weighted by atomic mass is 16.1. The molecule has 0 rings (SSSR count). The van der Waals surface area contributed by atoms with Crippen LogP contribution in [0.25, 0.3) is 0 Å². The van der Waals surface area contributed by atoms with Gasteiger partial charge in [0, 0.05) is 13.0 Å². The molecule has 0 saturated carbocycles. The summed E-state index contributed by atoms with van der Waals surface area (Å²) in [6.07, 6.45) is 22.0. The molecule has 0 aromatic heterocycles. The first-order valence-electron chi connectivity index (χ1n) is 9.59. The van der Waals surface area contributed by atoms with Crippen molar-refractivity contribution in [3.63, 3.8) is 0 Å². The second kappa shape index (κ2) is 16.6. The van der Waals surface area contributed by atoms with Crippen LogP contribution in [-0.2, 0) is 4.79 Å². The molecule has 0 heterocycles. The van der Waals surface area contributed by atoms with Crippen LogP contribution in [0.1, 0.15) is 104 Å². The number of hydrogen-bond donors (Lipinski definition) is 1. The van der Waals surface area contributed by atoms with Gasteiger partial charge in [0.1, 0.15) is 0 Å². The maximum atomic E-state index is 10.9. The molecular formula is C20H39NO.